The van der Waals surface area contributed by atoms with Crippen molar-refractivity contribution >= 4 is 45.7 Å². The van der Waals surface area contributed by atoms with Crippen molar-refractivity contribution in [1.29, 1.82) is 5.26 Å². The van der Waals surface area contributed by atoms with Crippen molar-refractivity contribution in [2.75, 3.05) is 11.1 Å². The number of rotatable bonds is 5. The first-order valence-corrected chi connectivity index (χ1v) is 9.69. The highest BCUT2D eigenvalue weighted by Gasteiger charge is 2.24. The maximum atomic E-state index is 12.8. The fraction of sp³-hybridized carbons (Fsp3) is 0.176. The van der Waals surface area contributed by atoms with Gasteiger partial charge in [0.25, 0.3) is 5.91 Å². The first-order chi connectivity index (χ1) is 12.5. The van der Waals surface area contributed by atoms with Gasteiger partial charge in [0.1, 0.15) is 17.0 Å². The van der Waals surface area contributed by atoms with E-state index >= 15 is 0 Å². The van der Waals surface area contributed by atoms with Crippen molar-refractivity contribution in [2.24, 2.45) is 0 Å². The molecule has 3 rings (SSSR count). The molecule has 0 aliphatic heterocycles. The van der Waals surface area contributed by atoms with Crippen LogP contribution in [-0.2, 0) is 0 Å². The molecule has 26 heavy (non-hydrogen) atoms. The number of amides is 1. The third-order valence-electron chi connectivity index (χ3n) is 3.46. The molecule has 1 N–H and O–H groups in total. The largest absolute Gasteiger partial charge is 0.360 e. The van der Waals surface area contributed by atoms with Gasteiger partial charge in [-0.05, 0) is 19.9 Å². The van der Waals surface area contributed by atoms with Gasteiger partial charge in [0, 0.05) is 5.56 Å². The van der Waals surface area contributed by atoms with Crippen molar-refractivity contribution < 1.29 is 9.32 Å². The van der Waals surface area contributed by atoms with E-state index in [1.165, 1.54) is 23.1 Å². The SMILES string of the molecule is Cc1nc(NC(=O)c2c(-c3ccccc3Cl)noc2C)sc1SCC#N. The van der Waals surface area contributed by atoms with Gasteiger partial charge in [0.15, 0.2) is 5.13 Å². The zero-order valence-electron chi connectivity index (χ0n) is 13.9. The lowest BCUT2D eigenvalue weighted by Gasteiger charge is -2.04. The number of nitrogens with zero attached hydrogens (tertiary/aromatic N) is 3. The van der Waals surface area contributed by atoms with E-state index in [4.69, 9.17) is 21.4 Å². The van der Waals surface area contributed by atoms with Gasteiger partial charge >= 0.3 is 0 Å². The van der Waals surface area contributed by atoms with Gasteiger partial charge in [0.05, 0.1) is 26.7 Å². The quantitative estimate of drug-likeness (QED) is 0.605. The highest BCUT2D eigenvalue weighted by Crippen LogP contribution is 2.34. The molecule has 0 bridgehead atoms. The summed E-state index contributed by atoms with van der Waals surface area (Å²) >= 11 is 8.95. The standard InChI is InChI=1S/C17H13ClN4O2S2/c1-9-16(25-8-7-19)26-17(20-9)21-15(23)13-10(2)24-22-14(13)11-5-3-4-6-12(11)18/h3-6H,8H2,1-2H3,(H,20,21,23). The number of aryl methyl sites for hydroxylation is 2. The Bertz CT molecular complexity index is 1010. The maximum absolute atomic E-state index is 12.8. The number of hydrogen-bond donors (Lipinski definition) is 1. The highest BCUT2D eigenvalue weighted by molar-refractivity contribution is 8.01. The number of nitriles is 1. The lowest BCUT2D eigenvalue weighted by atomic mass is 10.1. The molecular weight excluding hydrogens is 392 g/mol. The first-order valence-electron chi connectivity index (χ1n) is 7.51. The van der Waals surface area contributed by atoms with Crippen LogP contribution in [0.2, 0.25) is 5.02 Å². The fourth-order valence-electron chi connectivity index (χ4n) is 2.30. The van der Waals surface area contributed by atoms with E-state index in [0.717, 1.165) is 9.90 Å². The van der Waals surface area contributed by atoms with Gasteiger partial charge in [-0.15, -0.1) is 0 Å². The normalized spacial score (nSPS) is 10.5. The molecule has 0 atom stereocenters. The molecular formula is C17H13ClN4O2S2. The molecule has 0 radical (unpaired) electrons. The Hall–Kier alpha value is -2.34. The maximum Gasteiger partial charge on any atom is 0.263 e. The summed E-state index contributed by atoms with van der Waals surface area (Å²) in [7, 11) is 0. The number of carbonyl (C=O) groups excluding carboxylic acids is 1. The van der Waals surface area contributed by atoms with E-state index < -0.39 is 0 Å². The van der Waals surface area contributed by atoms with Crippen LogP contribution in [0.5, 0.6) is 0 Å². The minimum atomic E-state index is -0.371. The van der Waals surface area contributed by atoms with Crippen LogP contribution in [-0.4, -0.2) is 21.8 Å². The van der Waals surface area contributed by atoms with Gasteiger partial charge in [0.2, 0.25) is 0 Å². The van der Waals surface area contributed by atoms with Gasteiger partial charge in [-0.3, -0.25) is 10.1 Å². The molecule has 1 amide bonds. The van der Waals surface area contributed by atoms with Gasteiger partial charge in [-0.2, -0.15) is 5.26 Å². The summed E-state index contributed by atoms with van der Waals surface area (Å²) in [6.45, 7) is 3.51. The molecule has 0 aliphatic rings. The average molecular weight is 405 g/mol. The van der Waals surface area contributed by atoms with E-state index in [1.54, 1.807) is 25.1 Å². The van der Waals surface area contributed by atoms with Crippen LogP contribution in [0.1, 0.15) is 21.8 Å². The molecule has 0 unspecified atom stereocenters. The number of carbonyl (C=O) groups is 1. The molecule has 0 saturated carbocycles. The van der Waals surface area contributed by atoms with Crippen LogP contribution < -0.4 is 5.32 Å². The number of aromatic nitrogens is 2. The molecule has 1 aromatic carbocycles. The molecule has 132 valence electrons. The molecule has 6 nitrogen and oxygen atoms in total. The summed E-state index contributed by atoms with van der Waals surface area (Å²) in [4.78, 5) is 17.1. The monoisotopic (exact) mass is 404 g/mol. The Kier molecular flexibility index (Phi) is 5.61. The van der Waals surface area contributed by atoms with E-state index in [9.17, 15) is 4.79 Å². The Morgan fingerprint density at radius 2 is 2.19 bits per heavy atom. The second-order valence-electron chi connectivity index (χ2n) is 5.24. The molecule has 0 spiro atoms. The summed E-state index contributed by atoms with van der Waals surface area (Å²) < 4.78 is 6.12. The third kappa shape index (κ3) is 3.75. The second-order valence-corrected chi connectivity index (χ2v) is 7.89. The van der Waals surface area contributed by atoms with Gasteiger partial charge < -0.3 is 4.52 Å². The zero-order valence-corrected chi connectivity index (χ0v) is 16.3. The minimum absolute atomic E-state index is 0.317. The smallest absolute Gasteiger partial charge is 0.263 e. The number of benzene rings is 1. The van der Waals surface area contributed by atoms with E-state index in [2.05, 4.69) is 21.5 Å². The van der Waals surface area contributed by atoms with Crippen LogP contribution in [0.15, 0.2) is 33.0 Å². The molecule has 0 saturated heterocycles. The lowest BCUT2D eigenvalue weighted by molar-refractivity contribution is 0.102. The Balaban J connectivity index is 1.89. The van der Waals surface area contributed by atoms with Crippen LogP contribution in [0.25, 0.3) is 11.3 Å². The van der Waals surface area contributed by atoms with Crippen molar-refractivity contribution in [3.8, 4) is 17.3 Å². The zero-order chi connectivity index (χ0) is 18.7. The number of anilines is 1. The topological polar surface area (TPSA) is 91.8 Å². The summed E-state index contributed by atoms with van der Waals surface area (Å²) in [5.74, 6) is 0.353. The fourth-order valence-corrected chi connectivity index (χ4v) is 4.32. The van der Waals surface area contributed by atoms with Crippen LogP contribution in [0, 0.1) is 25.2 Å². The van der Waals surface area contributed by atoms with E-state index in [1.807, 2.05) is 13.0 Å². The lowest BCUT2D eigenvalue weighted by Crippen LogP contribution is -2.13. The summed E-state index contributed by atoms with van der Waals surface area (Å²) in [5.41, 5.74) is 2.10. The Morgan fingerprint density at radius 3 is 2.92 bits per heavy atom. The van der Waals surface area contributed by atoms with Crippen LogP contribution >= 0.6 is 34.7 Å². The van der Waals surface area contributed by atoms with Crippen LogP contribution in [0.4, 0.5) is 5.13 Å². The second kappa shape index (κ2) is 7.91. The first kappa shape index (κ1) is 18.5. The van der Waals surface area contributed by atoms with Crippen molar-refractivity contribution in [2.45, 2.75) is 18.1 Å². The van der Waals surface area contributed by atoms with Gasteiger partial charge in [-0.25, -0.2) is 4.98 Å². The molecule has 0 aliphatic carbocycles. The Labute approximate surface area is 163 Å². The molecule has 2 aromatic heterocycles. The van der Waals surface area contributed by atoms with Gasteiger partial charge in [-0.1, -0.05) is 58.1 Å². The summed E-state index contributed by atoms with van der Waals surface area (Å²) in [6.07, 6.45) is 0. The predicted octanol–water partition coefficient (Wildman–Crippen LogP) is 4.94. The van der Waals surface area contributed by atoms with Crippen molar-refractivity contribution in [1.82, 2.24) is 10.1 Å². The van der Waals surface area contributed by atoms with Crippen molar-refractivity contribution in [3.63, 3.8) is 0 Å². The number of thiazole rings is 1. The average Bonchev–Trinajstić information content (AvgIpc) is 3.16. The Morgan fingerprint density at radius 1 is 1.42 bits per heavy atom. The van der Waals surface area contributed by atoms with E-state index in [0.29, 0.717) is 38.5 Å². The molecule has 3 aromatic rings. The number of halogens is 1. The van der Waals surface area contributed by atoms with E-state index in [-0.39, 0.29) is 5.91 Å². The van der Waals surface area contributed by atoms with Crippen LogP contribution in [0.3, 0.4) is 0 Å². The minimum Gasteiger partial charge on any atom is -0.360 e. The molecule has 9 heteroatoms. The number of nitrogens with one attached hydrogen (secondary N) is 1. The molecule has 2 heterocycles. The highest BCUT2D eigenvalue weighted by atomic mass is 35.5. The van der Waals surface area contributed by atoms with Crippen molar-refractivity contribution in [3.05, 3.63) is 46.3 Å². The number of thioether (sulfide) groups is 1. The predicted molar refractivity (Wildman–Crippen MR) is 103 cm³/mol. The summed E-state index contributed by atoms with van der Waals surface area (Å²) in [5, 5.41) is 16.4. The molecule has 0 fully saturated rings. The number of hydrogen-bond acceptors (Lipinski definition) is 7. The third-order valence-corrected chi connectivity index (χ3v) is 6.09. The summed E-state index contributed by atoms with van der Waals surface area (Å²) in [6, 6.07) is 9.20.